The maximum atomic E-state index is 11.5. The van der Waals surface area contributed by atoms with Gasteiger partial charge in [-0.2, -0.15) is 0 Å². The third-order valence-corrected chi connectivity index (χ3v) is 8.60. The van der Waals surface area contributed by atoms with Gasteiger partial charge in [-0.3, -0.25) is 0 Å². The van der Waals surface area contributed by atoms with Gasteiger partial charge >= 0.3 is 11.9 Å². The Morgan fingerprint density at radius 3 is 1.21 bits per heavy atom. The largest absolute Gasteiger partial charge is 0.478 e. The first-order chi connectivity index (χ1) is 23.4. The minimum atomic E-state index is -0.970. The molecule has 0 saturated carbocycles. The first-order valence-corrected chi connectivity index (χ1v) is 15.4. The molecule has 0 atom stereocenters. The minimum absolute atomic E-state index is 0.230. The zero-order chi connectivity index (χ0) is 32.8. The van der Waals surface area contributed by atoms with E-state index in [1.807, 2.05) is 84.9 Å². The van der Waals surface area contributed by atoms with Crippen molar-refractivity contribution in [1.29, 1.82) is 0 Å². The summed E-state index contributed by atoms with van der Waals surface area (Å²) in [5.41, 5.74) is 2.20. The summed E-state index contributed by atoms with van der Waals surface area (Å²) in [4.78, 5) is 23.0. The number of ether oxygens (including phenoxy) is 2. The number of rotatable bonds is 7. The molecule has 6 nitrogen and oxygen atoms in total. The van der Waals surface area contributed by atoms with Crippen LogP contribution in [-0.2, 0) is 0 Å². The van der Waals surface area contributed by atoms with Gasteiger partial charge in [0.05, 0.1) is 11.1 Å². The Bertz CT molecular complexity index is 2410. The molecule has 48 heavy (non-hydrogen) atoms. The molecule has 0 aliphatic heterocycles. The second kappa shape index (κ2) is 11.6. The summed E-state index contributed by atoms with van der Waals surface area (Å²) in [6.45, 7) is 0. The summed E-state index contributed by atoms with van der Waals surface area (Å²) in [6, 6.07) is 45.6. The summed E-state index contributed by atoms with van der Waals surface area (Å²) in [6.07, 6.45) is 0. The van der Waals surface area contributed by atoms with Gasteiger partial charge < -0.3 is 19.7 Å². The van der Waals surface area contributed by atoms with Crippen molar-refractivity contribution < 1.29 is 29.3 Å². The molecule has 8 aromatic rings. The molecule has 230 valence electrons. The highest BCUT2D eigenvalue weighted by Crippen LogP contribution is 2.48. The van der Waals surface area contributed by atoms with Crippen molar-refractivity contribution in [3.63, 3.8) is 0 Å². The molecule has 0 radical (unpaired) electrons. The van der Waals surface area contributed by atoms with Crippen LogP contribution in [0.5, 0.6) is 23.0 Å². The lowest BCUT2D eigenvalue weighted by atomic mass is 9.92. The molecule has 0 fully saturated rings. The third kappa shape index (κ3) is 5.21. The van der Waals surface area contributed by atoms with Crippen molar-refractivity contribution >= 4 is 55.0 Å². The Hall–Kier alpha value is -6.66. The van der Waals surface area contributed by atoms with E-state index in [-0.39, 0.29) is 11.1 Å². The monoisotopic (exact) mass is 626 g/mol. The standard InChI is InChI=1S/C42H26O6/c43-41(44)31-11-9-29-23-33(17-13-27(29)21-31)47-37-19-15-25-5-1-3-7-35(25)39(37)40-36-8-4-2-6-26(36)16-20-38(40)48-34-18-14-28-22-32(42(45)46)12-10-30(28)24-34/h1-24H,(H,43,44)(H,45,46). The molecule has 0 amide bonds. The van der Waals surface area contributed by atoms with E-state index in [1.165, 1.54) is 0 Å². The predicted octanol–water partition coefficient (Wildman–Crippen LogP) is 10.9. The minimum Gasteiger partial charge on any atom is -0.478 e. The maximum absolute atomic E-state index is 11.5. The second-order valence-electron chi connectivity index (χ2n) is 11.6. The summed E-state index contributed by atoms with van der Waals surface area (Å²) < 4.78 is 13.4. The molecule has 0 bridgehead atoms. The molecule has 2 N–H and O–H groups in total. The van der Waals surface area contributed by atoms with Crippen LogP contribution in [0.3, 0.4) is 0 Å². The van der Waals surface area contributed by atoms with Crippen LogP contribution < -0.4 is 9.47 Å². The summed E-state index contributed by atoms with van der Waals surface area (Å²) in [7, 11) is 0. The molecule has 0 heterocycles. The molecule has 6 heteroatoms. The van der Waals surface area contributed by atoms with Gasteiger partial charge in [0.15, 0.2) is 0 Å². The van der Waals surface area contributed by atoms with Crippen LogP contribution in [0.4, 0.5) is 0 Å². The van der Waals surface area contributed by atoms with Gasteiger partial charge in [0.1, 0.15) is 23.0 Å². The Labute approximate surface area is 274 Å². The van der Waals surface area contributed by atoms with Gasteiger partial charge in [0.25, 0.3) is 0 Å². The van der Waals surface area contributed by atoms with E-state index < -0.39 is 11.9 Å². The molecular formula is C42H26O6. The highest BCUT2D eigenvalue weighted by Gasteiger charge is 2.20. The smallest absolute Gasteiger partial charge is 0.335 e. The quantitative estimate of drug-likeness (QED) is 0.183. The van der Waals surface area contributed by atoms with E-state index in [1.54, 1.807) is 36.4 Å². The summed E-state index contributed by atoms with van der Waals surface area (Å²) in [5, 5.41) is 26.3. The number of hydrogen-bond donors (Lipinski definition) is 2. The fourth-order valence-electron chi connectivity index (χ4n) is 6.28. The molecular weight excluding hydrogens is 600 g/mol. The van der Waals surface area contributed by atoms with Gasteiger partial charge in [-0.05, 0) is 104 Å². The molecule has 0 saturated heterocycles. The normalized spacial score (nSPS) is 11.2. The van der Waals surface area contributed by atoms with Gasteiger partial charge in [0, 0.05) is 11.1 Å². The van der Waals surface area contributed by atoms with E-state index in [0.29, 0.717) is 23.0 Å². The van der Waals surface area contributed by atoms with Crippen LogP contribution in [0.15, 0.2) is 146 Å². The fourth-order valence-corrected chi connectivity index (χ4v) is 6.28. The topological polar surface area (TPSA) is 93.1 Å². The highest BCUT2D eigenvalue weighted by atomic mass is 16.5. The molecule has 0 unspecified atom stereocenters. The van der Waals surface area contributed by atoms with Crippen molar-refractivity contribution in [2.45, 2.75) is 0 Å². The Kier molecular flexibility index (Phi) is 6.96. The molecule has 0 aromatic heterocycles. The van der Waals surface area contributed by atoms with E-state index in [9.17, 15) is 19.8 Å². The molecule has 8 rings (SSSR count). The number of fused-ring (bicyclic) bond motifs is 4. The lowest BCUT2D eigenvalue weighted by Crippen LogP contribution is -1.96. The zero-order valence-electron chi connectivity index (χ0n) is 25.4. The SMILES string of the molecule is O=C(O)c1ccc2cc(Oc3ccc4ccccc4c3-c3c(Oc4ccc5cc(C(=O)O)ccc5c4)ccc4ccccc34)ccc2c1. The van der Waals surface area contributed by atoms with Crippen molar-refractivity contribution in [2.24, 2.45) is 0 Å². The van der Waals surface area contributed by atoms with Crippen molar-refractivity contribution in [1.82, 2.24) is 0 Å². The van der Waals surface area contributed by atoms with Crippen LogP contribution in [0.2, 0.25) is 0 Å². The van der Waals surface area contributed by atoms with E-state index >= 15 is 0 Å². The van der Waals surface area contributed by atoms with Gasteiger partial charge in [0.2, 0.25) is 0 Å². The number of aromatic carboxylic acids is 2. The van der Waals surface area contributed by atoms with E-state index in [0.717, 1.165) is 54.2 Å². The second-order valence-corrected chi connectivity index (χ2v) is 11.6. The van der Waals surface area contributed by atoms with Gasteiger partial charge in [-0.25, -0.2) is 9.59 Å². The number of benzene rings is 8. The molecule has 8 aromatic carbocycles. The average molecular weight is 627 g/mol. The number of hydrogen-bond acceptors (Lipinski definition) is 4. The summed E-state index contributed by atoms with van der Waals surface area (Å²) >= 11 is 0. The summed E-state index contributed by atoms with van der Waals surface area (Å²) in [5.74, 6) is 0.552. The Morgan fingerprint density at radius 2 is 0.771 bits per heavy atom. The van der Waals surface area contributed by atoms with Crippen LogP contribution >= 0.6 is 0 Å². The predicted molar refractivity (Wildman–Crippen MR) is 189 cm³/mol. The molecule has 0 aliphatic rings. The number of carbonyl (C=O) groups is 2. The van der Waals surface area contributed by atoms with Crippen LogP contribution in [0.25, 0.3) is 54.2 Å². The Balaban J connectivity index is 1.29. The van der Waals surface area contributed by atoms with Crippen LogP contribution in [0, 0.1) is 0 Å². The lowest BCUT2D eigenvalue weighted by Gasteiger charge is -2.20. The molecule has 0 spiro atoms. The number of carboxylic acid groups (broad SMARTS) is 2. The molecule has 0 aliphatic carbocycles. The van der Waals surface area contributed by atoms with Crippen molar-refractivity contribution in [3.05, 3.63) is 157 Å². The van der Waals surface area contributed by atoms with Crippen molar-refractivity contribution in [3.8, 4) is 34.1 Å². The average Bonchev–Trinajstić information content (AvgIpc) is 3.11. The van der Waals surface area contributed by atoms with Crippen LogP contribution in [-0.4, -0.2) is 22.2 Å². The van der Waals surface area contributed by atoms with Gasteiger partial charge in [-0.15, -0.1) is 0 Å². The first kappa shape index (κ1) is 28.8. The highest BCUT2D eigenvalue weighted by molar-refractivity contribution is 6.10. The number of carboxylic acids is 2. The van der Waals surface area contributed by atoms with Crippen molar-refractivity contribution in [2.75, 3.05) is 0 Å². The fraction of sp³-hybridized carbons (Fsp3) is 0. The first-order valence-electron chi connectivity index (χ1n) is 15.4. The Morgan fingerprint density at radius 1 is 0.396 bits per heavy atom. The van der Waals surface area contributed by atoms with E-state index in [2.05, 4.69) is 24.3 Å². The van der Waals surface area contributed by atoms with Gasteiger partial charge in [-0.1, -0.05) is 84.9 Å². The maximum Gasteiger partial charge on any atom is 0.335 e. The van der Waals surface area contributed by atoms with Crippen LogP contribution in [0.1, 0.15) is 20.7 Å². The van der Waals surface area contributed by atoms with E-state index in [4.69, 9.17) is 9.47 Å². The lowest BCUT2D eigenvalue weighted by molar-refractivity contribution is 0.0686. The third-order valence-electron chi connectivity index (χ3n) is 8.60. The zero-order valence-corrected chi connectivity index (χ0v) is 25.4.